The third-order valence-electron chi connectivity index (χ3n) is 3.09. The number of nitrogens with one attached hydrogen (secondary N) is 1. The van der Waals surface area contributed by atoms with E-state index >= 15 is 0 Å². The van der Waals surface area contributed by atoms with Crippen molar-refractivity contribution in [3.8, 4) is 5.75 Å². The highest BCUT2D eigenvalue weighted by Crippen LogP contribution is 2.16. The first-order valence-electron chi connectivity index (χ1n) is 6.36. The Morgan fingerprint density at radius 2 is 1.90 bits per heavy atom. The lowest BCUT2D eigenvalue weighted by Gasteiger charge is -2.09. The number of aryl methyl sites for hydroxylation is 1. The zero-order valence-corrected chi connectivity index (χ0v) is 11.3. The van der Waals surface area contributed by atoms with Gasteiger partial charge < -0.3 is 15.5 Å². The highest BCUT2D eigenvalue weighted by molar-refractivity contribution is 5.95. The molecule has 0 radical (unpaired) electrons. The molecular weight excluding hydrogens is 254 g/mol. The molecule has 0 aromatic heterocycles. The average molecular weight is 271 g/mol. The molecule has 1 amide bonds. The minimum Gasteiger partial charge on any atom is -0.508 e. The van der Waals surface area contributed by atoms with Gasteiger partial charge in [-0.1, -0.05) is 30.3 Å². The van der Waals surface area contributed by atoms with E-state index in [2.05, 4.69) is 5.32 Å². The van der Waals surface area contributed by atoms with Gasteiger partial charge in [-0.2, -0.15) is 0 Å². The molecule has 0 saturated heterocycles. The first kappa shape index (κ1) is 14.1. The smallest absolute Gasteiger partial charge is 0.251 e. The van der Waals surface area contributed by atoms with Crippen molar-refractivity contribution < 1.29 is 15.0 Å². The van der Waals surface area contributed by atoms with E-state index in [1.807, 2.05) is 31.2 Å². The Hall–Kier alpha value is -2.33. The summed E-state index contributed by atoms with van der Waals surface area (Å²) in [6, 6.07) is 12.1. The lowest BCUT2D eigenvalue weighted by atomic mass is 10.1. The third-order valence-corrected chi connectivity index (χ3v) is 3.09. The Bertz CT molecular complexity index is 623. The van der Waals surface area contributed by atoms with Gasteiger partial charge in [0.2, 0.25) is 0 Å². The van der Waals surface area contributed by atoms with Crippen LogP contribution in [0.4, 0.5) is 0 Å². The van der Waals surface area contributed by atoms with Gasteiger partial charge in [0, 0.05) is 12.1 Å². The summed E-state index contributed by atoms with van der Waals surface area (Å²) in [4.78, 5) is 12.1. The fourth-order valence-corrected chi connectivity index (χ4v) is 1.97. The predicted molar refractivity (Wildman–Crippen MR) is 76.4 cm³/mol. The Morgan fingerprint density at radius 3 is 2.65 bits per heavy atom. The molecule has 104 valence electrons. The molecule has 0 atom stereocenters. The quantitative estimate of drug-likeness (QED) is 0.797. The normalized spacial score (nSPS) is 10.3. The van der Waals surface area contributed by atoms with Crippen LogP contribution in [0.1, 0.15) is 27.0 Å². The lowest BCUT2D eigenvalue weighted by molar-refractivity contribution is 0.0950. The summed E-state index contributed by atoms with van der Waals surface area (Å²) >= 11 is 0. The van der Waals surface area contributed by atoms with Gasteiger partial charge in [-0.05, 0) is 35.7 Å². The first-order valence-corrected chi connectivity index (χ1v) is 6.36. The van der Waals surface area contributed by atoms with Crippen molar-refractivity contribution >= 4 is 5.91 Å². The van der Waals surface area contributed by atoms with Crippen LogP contribution in [0.25, 0.3) is 0 Å². The van der Waals surface area contributed by atoms with Crippen LogP contribution >= 0.6 is 0 Å². The number of carbonyl (C=O) groups excluding carboxylic acids is 1. The maximum Gasteiger partial charge on any atom is 0.251 e. The predicted octanol–water partition coefficient (Wildman–Crippen LogP) is 2.12. The van der Waals surface area contributed by atoms with E-state index in [0.717, 1.165) is 16.7 Å². The minimum absolute atomic E-state index is 0.0204. The Morgan fingerprint density at radius 1 is 1.15 bits per heavy atom. The van der Waals surface area contributed by atoms with E-state index in [1.165, 1.54) is 6.07 Å². The number of aliphatic hydroxyl groups is 1. The molecule has 0 unspecified atom stereocenters. The van der Waals surface area contributed by atoms with Crippen molar-refractivity contribution in [3.63, 3.8) is 0 Å². The monoisotopic (exact) mass is 271 g/mol. The fourth-order valence-electron chi connectivity index (χ4n) is 1.97. The number of aliphatic hydroxyl groups excluding tert-OH is 1. The van der Waals surface area contributed by atoms with Gasteiger partial charge in [0.15, 0.2) is 0 Å². The number of phenols is 1. The Balaban J connectivity index is 2.06. The molecule has 2 aromatic rings. The van der Waals surface area contributed by atoms with Crippen LogP contribution in [0.2, 0.25) is 0 Å². The molecule has 4 heteroatoms. The van der Waals surface area contributed by atoms with Crippen molar-refractivity contribution in [2.75, 3.05) is 0 Å². The van der Waals surface area contributed by atoms with Crippen LogP contribution < -0.4 is 5.32 Å². The second kappa shape index (κ2) is 6.21. The second-order valence-corrected chi connectivity index (χ2v) is 4.66. The Kier molecular flexibility index (Phi) is 4.38. The minimum atomic E-state index is -0.229. The zero-order valence-electron chi connectivity index (χ0n) is 11.3. The van der Waals surface area contributed by atoms with Gasteiger partial charge in [0.25, 0.3) is 5.91 Å². The molecule has 0 aliphatic rings. The molecular formula is C16H17NO3. The summed E-state index contributed by atoms with van der Waals surface area (Å²) < 4.78 is 0. The SMILES string of the molecule is Cc1ccc(O)cc1C(=O)NCc1cccc(CO)c1. The molecule has 2 aromatic carbocycles. The molecule has 0 fully saturated rings. The molecule has 0 spiro atoms. The van der Waals surface area contributed by atoms with E-state index < -0.39 is 0 Å². The molecule has 0 saturated carbocycles. The van der Waals surface area contributed by atoms with Gasteiger partial charge in [-0.3, -0.25) is 4.79 Å². The number of phenolic OH excluding ortho intramolecular Hbond substituents is 1. The van der Waals surface area contributed by atoms with Crippen molar-refractivity contribution in [1.29, 1.82) is 0 Å². The van der Waals surface area contributed by atoms with Crippen LogP contribution in [0.3, 0.4) is 0 Å². The zero-order chi connectivity index (χ0) is 14.5. The Labute approximate surface area is 117 Å². The fraction of sp³-hybridized carbons (Fsp3) is 0.188. The van der Waals surface area contributed by atoms with Gasteiger partial charge >= 0.3 is 0 Å². The molecule has 20 heavy (non-hydrogen) atoms. The van der Waals surface area contributed by atoms with E-state index in [-0.39, 0.29) is 18.3 Å². The van der Waals surface area contributed by atoms with E-state index in [0.29, 0.717) is 12.1 Å². The lowest BCUT2D eigenvalue weighted by Crippen LogP contribution is -2.23. The van der Waals surface area contributed by atoms with Crippen molar-refractivity contribution in [3.05, 3.63) is 64.7 Å². The maximum atomic E-state index is 12.1. The number of carbonyl (C=O) groups is 1. The van der Waals surface area contributed by atoms with Crippen LogP contribution in [0.5, 0.6) is 5.75 Å². The summed E-state index contributed by atoms with van der Waals surface area (Å²) in [6.07, 6.45) is 0. The molecule has 0 heterocycles. The van der Waals surface area contributed by atoms with Crippen molar-refractivity contribution in [1.82, 2.24) is 5.32 Å². The molecule has 2 rings (SSSR count). The summed E-state index contributed by atoms with van der Waals surface area (Å²) in [6.45, 7) is 2.18. The van der Waals surface area contributed by atoms with Gasteiger partial charge in [-0.25, -0.2) is 0 Å². The number of hydrogen-bond acceptors (Lipinski definition) is 3. The van der Waals surface area contributed by atoms with Gasteiger partial charge in [0.1, 0.15) is 5.75 Å². The summed E-state index contributed by atoms with van der Waals surface area (Å²) in [5.41, 5.74) is 3.00. The second-order valence-electron chi connectivity index (χ2n) is 4.66. The highest BCUT2D eigenvalue weighted by Gasteiger charge is 2.09. The molecule has 0 aliphatic carbocycles. The van der Waals surface area contributed by atoms with E-state index in [4.69, 9.17) is 5.11 Å². The number of aromatic hydroxyl groups is 1. The summed E-state index contributed by atoms with van der Waals surface area (Å²) in [7, 11) is 0. The van der Waals surface area contributed by atoms with Gasteiger partial charge in [-0.15, -0.1) is 0 Å². The average Bonchev–Trinajstić information content (AvgIpc) is 2.47. The first-order chi connectivity index (χ1) is 9.60. The third kappa shape index (κ3) is 3.36. The van der Waals surface area contributed by atoms with Crippen LogP contribution in [0.15, 0.2) is 42.5 Å². The van der Waals surface area contributed by atoms with Crippen molar-refractivity contribution in [2.24, 2.45) is 0 Å². The molecule has 4 nitrogen and oxygen atoms in total. The molecule has 0 aliphatic heterocycles. The van der Waals surface area contributed by atoms with Crippen LogP contribution in [-0.4, -0.2) is 16.1 Å². The standard InChI is InChI=1S/C16H17NO3/c1-11-5-6-14(19)8-15(11)16(20)17-9-12-3-2-4-13(7-12)10-18/h2-8,18-19H,9-10H2,1H3,(H,17,20). The van der Waals surface area contributed by atoms with Crippen LogP contribution in [0, 0.1) is 6.92 Å². The maximum absolute atomic E-state index is 12.1. The molecule has 0 bridgehead atoms. The number of amides is 1. The van der Waals surface area contributed by atoms with E-state index in [9.17, 15) is 9.90 Å². The topological polar surface area (TPSA) is 69.6 Å². The number of rotatable bonds is 4. The van der Waals surface area contributed by atoms with Crippen LogP contribution in [-0.2, 0) is 13.2 Å². The van der Waals surface area contributed by atoms with Gasteiger partial charge in [0.05, 0.1) is 6.61 Å². The number of hydrogen-bond donors (Lipinski definition) is 3. The highest BCUT2D eigenvalue weighted by atomic mass is 16.3. The summed E-state index contributed by atoms with van der Waals surface area (Å²) in [5, 5.41) is 21.3. The summed E-state index contributed by atoms with van der Waals surface area (Å²) in [5.74, 6) is -0.157. The number of benzene rings is 2. The van der Waals surface area contributed by atoms with E-state index in [1.54, 1.807) is 12.1 Å². The van der Waals surface area contributed by atoms with Crippen molar-refractivity contribution in [2.45, 2.75) is 20.1 Å². The largest absolute Gasteiger partial charge is 0.508 e. The molecule has 3 N–H and O–H groups in total.